The van der Waals surface area contributed by atoms with Crippen molar-refractivity contribution in [1.29, 1.82) is 0 Å². The second-order valence-corrected chi connectivity index (χ2v) is 23.7. The van der Waals surface area contributed by atoms with Gasteiger partial charge in [-0.1, -0.05) is 0 Å². The zero-order valence-electron chi connectivity index (χ0n) is 74.0. The monoisotopic (exact) mass is 2320 g/mol. The van der Waals surface area contributed by atoms with Crippen molar-refractivity contribution < 1.29 is 865 Å². The summed E-state index contributed by atoms with van der Waals surface area (Å²) in [6.45, 7) is 0. The summed E-state index contributed by atoms with van der Waals surface area (Å²) in [4.78, 5) is 198. The number of hydrogen-bond donors (Lipinski definition) is 40. The number of aldehydes is 10. The molecule has 140 heavy (non-hydrogen) atoms. The number of carboxylic acids is 10. The first kappa shape index (κ1) is 194. The molecule has 0 radical (unpaired) electrons. The molecular formula is C60H90K10O70. The minimum absolute atomic E-state index is 0. The maximum Gasteiger partial charge on any atom is 1.00 e. The van der Waals surface area contributed by atoms with E-state index in [1.807, 2.05) is 0 Å². The molecule has 0 rings (SSSR count). The minimum Gasteiger partial charge on any atom is -0.547 e. The standard InChI is InChI=1S/10C6H10O7.10K/c10*7-1-2(8)3(9)4(10)5(11)6(12)13;;;;;;;;;;/h10*1-5,8-11H,(H,12,13);;;;;;;;;;/q;;;;;;;;;;10*+1/p-10/t10*2-,3+,4+,5-;;;;;;;;;;/m0000000000........../s1. The molecule has 40 atom stereocenters. The van der Waals surface area contributed by atoms with E-state index in [1.54, 1.807) is 0 Å². The molecule has 0 bridgehead atoms. The van der Waals surface area contributed by atoms with Crippen molar-refractivity contribution in [2.24, 2.45) is 0 Å². The van der Waals surface area contributed by atoms with Crippen LogP contribution in [0.3, 0.4) is 0 Å². The van der Waals surface area contributed by atoms with E-state index < -0.39 is 304 Å². The van der Waals surface area contributed by atoms with Crippen LogP contribution in [0.15, 0.2) is 0 Å². The van der Waals surface area contributed by atoms with Gasteiger partial charge in [0.05, 0.1) is 59.7 Å². The molecule has 0 saturated carbocycles. The van der Waals surface area contributed by atoms with Gasteiger partial charge >= 0.3 is 514 Å². The van der Waals surface area contributed by atoms with E-state index in [-0.39, 0.29) is 577 Å². The fraction of sp³-hybridized carbons (Fsp3) is 0.667. The SMILES string of the molecule is O=C[C@H](O)[C@@H](O)[C@@H](O)[C@H](O)C(=O)[O-].O=C[C@H](O)[C@@H](O)[C@@H](O)[C@H](O)C(=O)[O-].O=C[C@H](O)[C@@H](O)[C@@H](O)[C@H](O)C(=O)[O-].O=C[C@H](O)[C@@H](O)[C@@H](O)[C@H](O)C(=O)[O-].O=C[C@H](O)[C@@H](O)[C@@H](O)[C@H](O)C(=O)[O-].O=C[C@H](O)[C@@H](O)[C@@H](O)[C@H](O)C(=O)[O-].O=C[C@H](O)[C@@H](O)[C@@H](O)[C@H](O)C(=O)[O-].O=C[C@H](O)[C@@H](O)[C@@H](O)[C@H](O)C(=O)[O-].O=C[C@H](O)[C@@H](O)[C@@H](O)[C@H](O)C(=O)[O-].O=C[C@H](O)[C@@H](O)[C@@H](O)[C@H](O)C(=O)[O-].[K+].[K+].[K+].[K+].[K+].[K+].[K+].[K+].[K+].[K+]. The molecule has 40 N–H and O–H groups in total. The second-order valence-electron chi connectivity index (χ2n) is 23.7. The van der Waals surface area contributed by atoms with Crippen molar-refractivity contribution in [2.75, 3.05) is 0 Å². The summed E-state index contributed by atoms with van der Waals surface area (Å²) in [7, 11) is 0. The van der Waals surface area contributed by atoms with Crippen molar-refractivity contribution in [3.05, 3.63) is 0 Å². The molecule has 0 saturated heterocycles. The summed E-state index contributed by atoms with van der Waals surface area (Å²) in [5, 5.41) is 448. The van der Waals surface area contributed by atoms with Gasteiger partial charge in [0.25, 0.3) is 0 Å². The van der Waals surface area contributed by atoms with Crippen LogP contribution < -0.4 is 565 Å². The van der Waals surface area contributed by atoms with Crippen LogP contribution in [-0.4, -0.2) is 571 Å². The maximum atomic E-state index is 9.95. The van der Waals surface area contributed by atoms with Crippen LogP contribution in [0, 0.1) is 0 Å². The molecule has 70 nitrogen and oxygen atoms in total. The van der Waals surface area contributed by atoms with Crippen LogP contribution in [0.25, 0.3) is 0 Å². The van der Waals surface area contributed by atoms with Crippen LogP contribution >= 0.6 is 0 Å². The van der Waals surface area contributed by atoms with Gasteiger partial charge in [0.2, 0.25) is 0 Å². The Hall–Kier alpha value is 6.16. The Morgan fingerprint density at radius 3 is 0.186 bits per heavy atom. The Morgan fingerprint density at radius 1 is 0.114 bits per heavy atom. The van der Waals surface area contributed by atoms with Crippen LogP contribution in [0.5, 0.6) is 0 Å². The van der Waals surface area contributed by atoms with Gasteiger partial charge in [-0.25, -0.2) is 0 Å². The van der Waals surface area contributed by atoms with E-state index in [4.69, 9.17) is 204 Å². The predicted octanol–water partition coefficient (Wildman–Crippen LogP) is -76.2. The Balaban J connectivity index is -0.0000000630. The van der Waals surface area contributed by atoms with E-state index in [9.17, 15) is 147 Å². The van der Waals surface area contributed by atoms with Gasteiger partial charge in [-0.3, -0.25) is 0 Å². The van der Waals surface area contributed by atoms with Gasteiger partial charge in [0.15, 0.2) is 62.9 Å². The topological polar surface area (TPSA) is 1380 Å². The van der Waals surface area contributed by atoms with E-state index >= 15 is 0 Å². The third-order valence-electron chi connectivity index (χ3n) is 14.0. The number of carbonyl (C=O) groups is 20. The van der Waals surface area contributed by atoms with Gasteiger partial charge in [-0.05, 0) is 0 Å². The molecule has 0 aromatic rings. The van der Waals surface area contributed by atoms with Crippen molar-refractivity contribution in [3.8, 4) is 0 Å². The largest absolute Gasteiger partial charge is 1.00 e. The molecule has 0 aliphatic rings. The van der Waals surface area contributed by atoms with E-state index in [0.29, 0.717) is 0 Å². The zero-order valence-corrected chi connectivity index (χ0v) is 105. The number of carbonyl (C=O) groups excluding carboxylic acids is 20. The summed E-state index contributed by atoms with van der Waals surface area (Å²) < 4.78 is 0. The van der Waals surface area contributed by atoms with Gasteiger partial charge < -0.3 is 351 Å². The fourth-order valence-corrected chi connectivity index (χ4v) is 6.09. The molecule has 0 aliphatic carbocycles. The molecular weight excluding hydrogens is 2230 g/mol. The van der Waals surface area contributed by atoms with Crippen LogP contribution in [0.1, 0.15) is 0 Å². The predicted molar refractivity (Wildman–Crippen MR) is 351 cm³/mol. The van der Waals surface area contributed by atoms with E-state index in [2.05, 4.69) is 0 Å². The van der Waals surface area contributed by atoms with Gasteiger partial charge in [0, 0.05) is 0 Å². The molecule has 0 aliphatic heterocycles. The molecule has 0 fully saturated rings. The fourth-order valence-electron chi connectivity index (χ4n) is 6.09. The van der Waals surface area contributed by atoms with Crippen molar-refractivity contribution in [2.45, 2.75) is 244 Å². The molecule has 760 valence electrons. The Bertz CT molecular complexity index is 2660. The third-order valence-corrected chi connectivity index (χ3v) is 14.0. The molecule has 0 aromatic carbocycles. The van der Waals surface area contributed by atoms with Crippen molar-refractivity contribution in [3.63, 3.8) is 0 Å². The molecule has 0 heterocycles. The number of aliphatic carboxylic acids is 10. The molecule has 0 aromatic heterocycles. The first-order valence-corrected chi connectivity index (χ1v) is 33.0. The summed E-state index contributed by atoms with van der Waals surface area (Å²) >= 11 is 0. The molecule has 80 heteroatoms. The number of hydrogen-bond acceptors (Lipinski definition) is 70. The number of rotatable bonds is 50. The maximum absolute atomic E-state index is 9.95. The average Bonchev–Trinajstić information content (AvgIpc) is 0.952. The Morgan fingerprint density at radius 2 is 0.157 bits per heavy atom. The third kappa shape index (κ3) is 85.3. The zero-order chi connectivity index (χ0) is 106. The first-order chi connectivity index (χ1) is 59.1. The Kier molecular flexibility index (Phi) is 151. The van der Waals surface area contributed by atoms with E-state index in [1.165, 1.54) is 0 Å². The van der Waals surface area contributed by atoms with Crippen LogP contribution in [0.4, 0.5) is 0 Å². The van der Waals surface area contributed by atoms with Gasteiger partial charge in [-0.2, -0.15) is 0 Å². The molecule has 0 spiro atoms. The van der Waals surface area contributed by atoms with Crippen LogP contribution in [0.2, 0.25) is 0 Å². The summed E-state index contributed by atoms with van der Waals surface area (Å²) in [6.07, 6.45) is -86.5. The summed E-state index contributed by atoms with van der Waals surface area (Å²) in [5.74, 6) is -20.1. The summed E-state index contributed by atoms with van der Waals surface area (Å²) in [5.41, 5.74) is 0. The molecule has 0 amide bonds. The smallest absolute Gasteiger partial charge is 0.547 e. The quantitative estimate of drug-likeness (QED) is 0.0199. The number of aliphatic hydroxyl groups is 40. The second kappa shape index (κ2) is 109. The minimum atomic E-state index is -2.36. The molecule has 0 unspecified atom stereocenters. The van der Waals surface area contributed by atoms with Crippen molar-refractivity contribution in [1.82, 2.24) is 0 Å². The number of carboxylic acid groups (broad SMARTS) is 10. The van der Waals surface area contributed by atoms with Gasteiger partial charge in [-0.15, -0.1) is 0 Å². The normalized spacial score (nSPS) is 18.6. The first-order valence-electron chi connectivity index (χ1n) is 33.0. The summed E-state index contributed by atoms with van der Waals surface area (Å²) in [6, 6.07) is 0. The average molecular weight is 2320 g/mol. The van der Waals surface area contributed by atoms with Crippen LogP contribution in [-0.2, 0) is 95.9 Å². The number of aliphatic hydroxyl groups excluding tert-OH is 40. The Labute approximate surface area is 1210 Å². The van der Waals surface area contributed by atoms with Crippen molar-refractivity contribution >= 4 is 123 Å². The van der Waals surface area contributed by atoms with E-state index in [0.717, 1.165) is 0 Å². The van der Waals surface area contributed by atoms with Gasteiger partial charge in [0.1, 0.15) is 244 Å².